The van der Waals surface area contributed by atoms with Crippen molar-refractivity contribution in [1.29, 1.82) is 0 Å². The van der Waals surface area contributed by atoms with Gasteiger partial charge in [-0.25, -0.2) is 9.97 Å². The van der Waals surface area contributed by atoms with Crippen LogP contribution in [0.25, 0.3) is 0 Å². The molecule has 1 aromatic carbocycles. The summed E-state index contributed by atoms with van der Waals surface area (Å²) in [4.78, 5) is 21.0. The van der Waals surface area contributed by atoms with Crippen LogP contribution in [0.3, 0.4) is 0 Å². The zero-order valence-corrected chi connectivity index (χ0v) is 19.6. The lowest BCUT2D eigenvalue weighted by Gasteiger charge is -2.19. The predicted octanol–water partition coefficient (Wildman–Crippen LogP) is 3.57. The lowest BCUT2D eigenvalue weighted by molar-refractivity contribution is -0.0328. The Morgan fingerprint density at radius 2 is 2.06 bits per heavy atom. The topological polar surface area (TPSA) is 113 Å². The van der Waals surface area contributed by atoms with Crippen LogP contribution in [-0.4, -0.2) is 59.5 Å². The van der Waals surface area contributed by atoms with Crippen molar-refractivity contribution in [1.82, 2.24) is 19.7 Å². The van der Waals surface area contributed by atoms with E-state index < -0.39 is 29.5 Å². The van der Waals surface area contributed by atoms with Crippen molar-refractivity contribution >= 4 is 35.0 Å². The maximum atomic E-state index is 13.1. The van der Waals surface area contributed by atoms with E-state index in [2.05, 4.69) is 27.3 Å². The van der Waals surface area contributed by atoms with E-state index in [1.165, 1.54) is 41.6 Å². The smallest absolute Gasteiger partial charge is 0.390 e. The molecule has 4 atom stereocenters. The normalized spacial score (nSPS) is 22.4. The van der Waals surface area contributed by atoms with E-state index in [0.717, 1.165) is 0 Å². The molecule has 4 rings (SSSR count). The number of alkyl halides is 3. The summed E-state index contributed by atoms with van der Waals surface area (Å²) < 4.78 is 39.7. The number of aromatic nitrogens is 4. The van der Waals surface area contributed by atoms with Crippen LogP contribution >= 0.6 is 23.4 Å². The first-order valence-electron chi connectivity index (χ1n) is 10.4. The van der Waals surface area contributed by atoms with E-state index in [1.807, 2.05) is 0 Å². The van der Waals surface area contributed by atoms with Crippen LogP contribution in [-0.2, 0) is 6.54 Å². The highest BCUT2D eigenvalue weighted by atomic mass is 35.5. The molecule has 8 nitrogen and oxygen atoms in total. The summed E-state index contributed by atoms with van der Waals surface area (Å²) in [7, 11) is 0. The Morgan fingerprint density at radius 1 is 1.29 bits per heavy atom. The van der Waals surface area contributed by atoms with Gasteiger partial charge in [0.2, 0.25) is 5.78 Å². The molecule has 3 aromatic rings. The fraction of sp³-hybridized carbons (Fsp3) is 0.318. The summed E-state index contributed by atoms with van der Waals surface area (Å²) in [5, 5.41) is 27.4. The van der Waals surface area contributed by atoms with Gasteiger partial charge in [0.1, 0.15) is 23.9 Å². The second-order valence-electron chi connectivity index (χ2n) is 8.05. The monoisotopic (exact) mass is 526 g/mol. The summed E-state index contributed by atoms with van der Waals surface area (Å²) in [6.07, 6.45) is 2.40. The second kappa shape index (κ2) is 10.1. The lowest BCUT2D eigenvalue weighted by Crippen LogP contribution is -2.35. The number of halogens is 4. The van der Waals surface area contributed by atoms with Gasteiger partial charge in [0.05, 0.1) is 29.3 Å². The number of carbonyl (C=O) groups is 1. The number of thioether (sulfide) groups is 1. The van der Waals surface area contributed by atoms with Crippen molar-refractivity contribution in [3.63, 3.8) is 0 Å². The molecule has 0 saturated heterocycles. The Hall–Kier alpha value is -2.67. The molecule has 0 bridgehead atoms. The Morgan fingerprint density at radius 3 is 2.74 bits per heavy atom. The van der Waals surface area contributed by atoms with E-state index >= 15 is 0 Å². The van der Waals surface area contributed by atoms with Crippen molar-refractivity contribution in [3.8, 4) is 0 Å². The molecule has 3 N–H and O–H groups in total. The highest BCUT2D eigenvalue weighted by molar-refractivity contribution is 8.00. The molecule has 1 aliphatic carbocycles. The molecule has 0 spiro atoms. The van der Waals surface area contributed by atoms with Gasteiger partial charge in [-0.2, -0.15) is 18.3 Å². The molecule has 2 heterocycles. The van der Waals surface area contributed by atoms with Crippen molar-refractivity contribution in [2.24, 2.45) is 5.92 Å². The van der Waals surface area contributed by atoms with Crippen LogP contribution in [0.5, 0.6) is 0 Å². The van der Waals surface area contributed by atoms with E-state index in [9.17, 15) is 28.2 Å². The van der Waals surface area contributed by atoms with Crippen molar-refractivity contribution in [3.05, 3.63) is 71.8 Å². The first-order valence-corrected chi connectivity index (χ1v) is 11.6. The molecule has 1 fully saturated rings. The lowest BCUT2D eigenvalue weighted by atomic mass is 10.1. The standard InChI is InChI=1S/C22H20ClF3N5O3S/c1-11-6-16(20(34)18(11)32)29-21-13(8-27-10-28-21)19(33)15-4-5-31(30-15)9-12-2-3-14(23)17(7-12)35-22(24,25)26/h2-5,7-8,10-11,16,18,20,32,34H,1,6,9H2,(H,27,28,29)/t11-,16-,18-,20+/m1/s1. The first-order chi connectivity index (χ1) is 16.5. The summed E-state index contributed by atoms with van der Waals surface area (Å²) in [5.74, 6) is -0.686. The highest BCUT2D eigenvalue weighted by Gasteiger charge is 2.39. The van der Waals surface area contributed by atoms with Gasteiger partial charge in [-0.05, 0) is 54.8 Å². The third-order valence-electron chi connectivity index (χ3n) is 5.52. The fourth-order valence-electron chi connectivity index (χ4n) is 3.80. The zero-order valence-electron chi connectivity index (χ0n) is 18.0. The Balaban J connectivity index is 1.50. The van der Waals surface area contributed by atoms with Gasteiger partial charge in [0.25, 0.3) is 0 Å². The zero-order chi connectivity index (χ0) is 25.3. The van der Waals surface area contributed by atoms with Crippen LogP contribution in [0.1, 0.15) is 28.0 Å². The summed E-state index contributed by atoms with van der Waals surface area (Å²) in [6, 6.07) is 5.20. The number of aliphatic hydroxyl groups is 2. The number of nitrogens with zero attached hydrogens (tertiary/aromatic N) is 4. The minimum atomic E-state index is -4.47. The van der Waals surface area contributed by atoms with E-state index in [4.69, 9.17) is 11.6 Å². The number of benzene rings is 1. The summed E-state index contributed by atoms with van der Waals surface area (Å²) >= 11 is 5.58. The van der Waals surface area contributed by atoms with Crippen LogP contribution in [0.4, 0.5) is 19.0 Å². The molecule has 0 unspecified atom stereocenters. The SMILES string of the molecule is [CH2][C@@H]1C[C@@H](Nc2ncncc2C(=O)c2ccn(Cc3ccc(Cl)c(SC(F)(F)F)c3)n2)[C@H](O)[C@@H]1O. The molecule has 0 aliphatic heterocycles. The quantitative estimate of drug-likeness (QED) is 0.316. The molecule has 1 saturated carbocycles. The maximum Gasteiger partial charge on any atom is 0.446 e. The van der Waals surface area contributed by atoms with Crippen molar-refractivity contribution in [2.45, 2.75) is 41.6 Å². The average Bonchev–Trinajstić information content (AvgIpc) is 3.35. The van der Waals surface area contributed by atoms with Crippen LogP contribution in [0, 0.1) is 12.8 Å². The molecular formula is C22H20ClF3N5O3S. The molecule has 2 aromatic heterocycles. The third-order valence-corrected chi connectivity index (χ3v) is 6.75. The molecule has 185 valence electrons. The molecular weight excluding hydrogens is 507 g/mol. The van der Waals surface area contributed by atoms with Crippen LogP contribution < -0.4 is 5.32 Å². The van der Waals surface area contributed by atoms with E-state index in [0.29, 0.717) is 12.0 Å². The van der Waals surface area contributed by atoms with E-state index in [-0.39, 0.29) is 51.2 Å². The van der Waals surface area contributed by atoms with Crippen molar-refractivity contribution < 1.29 is 28.2 Å². The van der Waals surface area contributed by atoms with Gasteiger partial charge in [-0.3, -0.25) is 9.48 Å². The van der Waals surface area contributed by atoms with Gasteiger partial charge < -0.3 is 15.5 Å². The summed E-state index contributed by atoms with van der Waals surface area (Å²) in [6.45, 7) is 3.92. The minimum Gasteiger partial charge on any atom is -0.390 e. The molecule has 35 heavy (non-hydrogen) atoms. The molecule has 1 aliphatic rings. The number of rotatable bonds is 7. The largest absolute Gasteiger partial charge is 0.446 e. The van der Waals surface area contributed by atoms with Gasteiger partial charge in [-0.15, -0.1) is 0 Å². The third kappa shape index (κ3) is 5.95. The molecule has 13 heteroatoms. The first kappa shape index (κ1) is 25.4. The Bertz CT molecular complexity index is 1230. The van der Waals surface area contributed by atoms with Gasteiger partial charge in [0.15, 0.2) is 0 Å². The van der Waals surface area contributed by atoms with Gasteiger partial charge in [0, 0.05) is 17.3 Å². The van der Waals surface area contributed by atoms with Crippen molar-refractivity contribution in [2.75, 3.05) is 5.32 Å². The number of hydrogen-bond donors (Lipinski definition) is 3. The van der Waals surface area contributed by atoms with Gasteiger partial charge in [-0.1, -0.05) is 17.7 Å². The summed E-state index contributed by atoms with van der Waals surface area (Å²) in [5.41, 5.74) is -3.77. The van der Waals surface area contributed by atoms with Gasteiger partial charge >= 0.3 is 5.51 Å². The maximum absolute atomic E-state index is 13.1. The Kier molecular flexibility index (Phi) is 7.36. The number of nitrogens with one attached hydrogen (secondary N) is 1. The minimum absolute atomic E-state index is 0.0124. The average molecular weight is 527 g/mol. The van der Waals surface area contributed by atoms with E-state index in [1.54, 1.807) is 6.07 Å². The van der Waals surface area contributed by atoms with Crippen LogP contribution in [0.15, 0.2) is 47.9 Å². The fourth-order valence-corrected chi connectivity index (χ4v) is 4.66. The predicted molar refractivity (Wildman–Crippen MR) is 123 cm³/mol. The number of aliphatic hydroxyl groups excluding tert-OH is 2. The molecule has 0 amide bonds. The second-order valence-corrected chi connectivity index (χ2v) is 9.57. The Labute approximate surface area is 207 Å². The number of ketones is 1. The highest BCUT2D eigenvalue weighted by Crippen LogP contribution is 2.40. The molecule has 1 radical (unpaired) electrons. The number of anilines is 1. The number of hydrogen-bond acceptors (Lipinski definition) is 8. The number of carbonyl (C=O) groups excluding carboxylic acids is 1. The van der Waals surface area contributed by atoms with Crippen LogP contribution in [0.2, 0.25) is 5.02 Å².